The van der Waals surface area contributed by atoms with Crippen LogP contribution in [0.5, 0.6) is 0 Å². The Morgan fingerprint density at radius 1 is 1.14 bits per heavy atom. The fourth-order valence-corrected chi connectivity index (χ4v) is 3.25. The number of Topliss-reactive ketones (excluding diaryl/α,β-unsaturated/α-hetero) is 1. The van der Waals surface area contributed by atoms with Crippen LogP contribution in [0.1, 0.15) is 49.5 Å². The molecule has 2 atom stereocenters. The maximum Gasteiger partial charge on any atom is 0.231 e. The fraction of sp³-hybridized carbons (Fsp3) is 0.389. The van der Waals surface area contributed by atoms with E-state index in [1.165, 1.54) is 0 Å². The number of nitrogens with one attached hydrogen (secondary N) is 1. The molecule has 22 heavy (non-hydrogen) atoms. The lowest BCUT2D eigenvalue weighted by Gasteiger charge is -2.34. The van der Waals surface area contributed by atoms with Gasteiger partial charge in [-0.15, -0.1) is 0 Å². The van der Waals surface area contributed by atoms with Crippen LogP contribution in [0.4, 0.5) is 0 Å². The highest BCUT2D eigenvalue weighted by Gasteiger charge is 2.53. The molecule has 1 heterocycles. The number of piperidine rings is 1. The van der Waals surface area contributed by atoms with E-state index in [0.717, 1.165) is 5.56 Å². The zero-order chi connectivity index (χ0) is 16.5. The van der Waals surface area contributed by atoms with E-state index in [2.05, 4.69) is 11.9 Å². The van der Waals surface area contributed by atoms with Crippen molar-refractivity contribution in [2.75, 3.05) is 0 Å². The number of allylic oxidation sites excluding steroid dienone is 1. The quantitative estimate of drug-likeness (QED) is 0.811. The van der Waals surface area contributed by atoms with Crippen LogP contribution < -0.4 is 5.32 Å². The molecular formula is C18H21NO3. The van der Waals surface area contributed by atoms with Crippen molar-refractivity contribution in [2.45, 2.75) is 33.6 Å². The second-order valence-corrected chi connectivity index (χ2v) is 5.56. The summed E-state index contributed by atoms with van der Waals surface area (Å²) < 4.78 is 0. The lowest BCUT2D eigenvalue weighted by atomic mass is 9.68. The van der Waals surface area contributed by atoms with E-state index in [1.54, 1.807) is 19.1 Å². The normalized spacial score (nSPS) is 27.0. The zero-order valence-corrected chi connectivity index (χ0v) is 13.2. The Labute approximate surface area is 130 Å². The van der Waals surface area contributed by atoms with Crippen molar-refractivity contribution in [1.82, 2.24) is 5.32 Å². The summed E-state index contributed by atoms with van der Waals surface area (Å²) in [7, 11) is 0. The van der Waals surface area contributed by atoms with Gasteiger partial charge in [0.05, 0.1) is 11.3 Å². The molecule has 1 aliphatic heterocycles. The molecule has 0 radical (unpaired) electrons. The molecule has 1 aliphatic carbocycles. The first-order valence-corrected chi connectivity index (χ1v) is 7.63. The van der Waals surface area contributed by atoms with Crippen molar-refractivity contribution >= 4 is 23.2 Å². The van der Waals surface area contributed by atoms with E-state index >= 15 is 0 Å². The highest BCUT2D eigenvalue weighted by Crippen LogP contribution is 2.51. The first-order valence-electron chi connectivity index (χ1n) is 7.63. The van der Waals surface area contributed by atoms with Crippen LogP contribution in [0.2, 0.25) is 0 Å². The molecule has 116 valence electrons. The molecule has 4 heteroatoms. The van der Waals surface area contributed by atoms with Gasteiger partial charge >= 0.3 is 0 Å². The Balaban J connectivity index is 0.000000847. The van der Waals surface area contributed by atoms with E-state index in [4.69, 9.17) is 0 Å². The molecule has 2 unspecified atom stereocenters. The van der Waals surface area contributed by atoms with Gasteiger partial charge in [0.2, 0.25) is 11.8 Å². The molecule has 0 saturated carbocycles. The molecule has 3 rings (SSSR count). The first-order chi connectivity index (χ1) is 10.5. The molecular weight excluding hydrogens is 278 g/mol. The molecule has 1 aromatic rings. The third kappa shape index (κ3) is 2.19. The predicted octanol–water partition coefficient (Wildman–Crippen LogP) is 2.98. The minimum absolute atomic E-state index is 0.0763. The van der Waals surface area contributed by atoms with Gasteiger partial charge in [-0.05, 0) is 24.5 Å². The summed E-state index contributed by atoms with van der Waals surface area (Å²) >= 11 is 0. The maximum atomic E-state index is 12.7. The molecule has 0 spiro atoms. The maximum absolute atomic E-state index is 12.7. The van der Waals surface area contributed by atoms with Crippen molar-refractivity contribution in [3.63, 3.8) is 0 Å². The summed E-state index contributed by atoms with van der Waals surface area (Å²) in [5.74, 6) is -1.25. The zero-order valence-electron chi connectivity index (χ0n) is 13.2. The summed E-state index contributed by atoms with van der Waals surface area (Å²) in [5, 5.41) is 2.33. The first kappa shape index (κ1) is 16.1. The summed E-state index contributed by atoms with van der Waals surface area (Å²) in [6.07, 6.45) is 0.656. The molecule has 2 amide bonds. The average molecular weight is 299 g/mol. The molecule has 1 N–H and O–H groups in total. The van der Waals surface area contributed by atoms with E-state index in [9.17, 15) is 14.4 Å². The number of amides is 2. The highest BCUT2D eigenvalue weighted by molar-refractivity contribution is 6.19. The Hall–Kier alpha value is -2.23. The molecule has 0 aromatic heterocycles. The van der Waals surface area contributed by atoms with Gasteiger partial charge in [0.1, 0.15) is 0 Å². The number of ketones is 1. The minimum Gasteiger partial charge on any atom is -0.296 e. The third-order valence-corrected chi connectivity index (χ3v) is 4.53. The lowest BCUT2D eigenvalue weighted by molar-refractivity contribution is -0.138. The van der Waals surface area contributed by atoms with Crippen molar-refractivity contribution in [1.29, 1.82) is 0 Å². The second-order valence-electron chi connectivity index (χ2n) is 5.56. The molecule has 0 bridgehead atoms. The van der Waals surface area contributed by atoms with Crippen molar-refractivity contribution in [3.05, 3.63) is 42.0 Å². The van der Waals surface area contributed by atoms with Crippen LogP contribution >= 0.6 is 0 Å². The van der Waals surface area contributed by atoms with Crippen LogP contribution in [0, 0.1) is 11.3 Å². The number of hydrogen-bond donors (Lipinski definition) is 1. The van der Waals surface area contributed by atoms with Gasteiger partial charge < -0.3 is 0 Å². The van der Waals surface area contributed by atoms with Crippen LogP contribution in [0.25, 0.3) is 5.57 Å². The van der Waals surface area contributed by atoms with E-state index in [0.29, 0.717) is 17.6 Å². The van der Waals surface area contributed by atoms with E-state index in [-0.39, 0.29) is 24.0 Å². The number of carbonyl (C=O) groups is 3. The van der Waals surface area contributed by atoms with E-state index in [1.807, 2.05) is 26.0 Å². The Morgan fingerprint density at radius 3 is 2.27 bits per heavy atom. The Morgan fingerprint density at radius 2 is 1.73 bits per heavy atom. The van der Waals surface area contributed by atoms with Gasteiger partial charge in [-0.3, -0.25) is 19.7 Å². The minimum atomic E-state index is -0.950. The van der Waals surface area contributed by atoms with Crippen LogP contribution in [-0.4, -0.2) is 17.6 Å². The van der Waals surface area contributed by atoms with Crippen LogP contribution in [0.15, 0.2) is 30.8 Å². The predicted molar refractivity (Wildman–Crippen MR) is 85.1 cm³/mol. The van der Waals surface area contributed by atoms with Gasteiger partial charge in [0.25, 0.3) is 0 Å². The van der Waals surface area contributed by atoms with Crippen molar-refractivity contribution < 1.29 is 14.4 Å². The van der Waals surface area contributed by atoms with Crippen molar-refractivity contribution in [2.24, 2.45) is 11.3 Å². The van der Waals surface area contributed by atoms with Crippen LogP contribution in [0.3, 0.4) is 0 Å². The van der Waals surface area contributed by atoms with Gasteiger partial charge in [-0.2, -0.15) is 0 Å². The summed E-state index contributed by atoms with van der Waals surface area (Å²) in [5.41, 5.74) is 1.15. The largest absolute Gasteiger partial charge is 0.296 e. The Kier molecular flexibility index (Phi) is 4.31. The number of hydrogen-bond acceptors (Lipinski definition) is 3. The molecule has 4 nitrogen and oxygen atoms in total. The molecule has 1 aromatic carbocycles. The third-order valence-electron chi connectivity index (χ3n) is 4.53. The highest BCUT2D eigenvalue weighted by atomic mass is 16.2. The number of imide groups is 1. The summed E-state index contributed by atoms with van der Waals surface area (Å²) in [6, 6.07) is 7.28. The molecule has 1 fully saturated rings. The SMILES string of the molecule is C=C1c2ccccc2C(=O)C1(C)C1CCC(=O)NC1=O.CC. The average Bonchev–Trinajstić information content (AvgIpc) is 2.72. The van der Waals surface area contributed by atoms with E-state index < -0.39 is 11.3 Å². The molecule has 1 saturated heterocycles. The topological polar surface area (TPSA) is 63.2 Å². The summed E-state index contributed by atoms with van der Waals surface area (Å²) in [4.78, 5) is 36.1. The number of fused-ring (bicyclic) bond motifs is 1. The number of carbonyl (C=O) groups excluding carboxylic acids is 3. The standard InChI is InChI=1S/C16H15NO3.C2H6/c1-9-10-5-3-4-6-11(10)14(19)16(9,2)12-7-8-13(18)17-15(12)20;1-2/h3-6,12H,1,7-8H2,2H3,(H,17,18,20);1-2H3. The van der Waals surface area contributed by atoms with Gasteiger partial charge in [-0.25, -0.2) is 0 Å². The smallest absolute Gasteiger partial charge is 0.231 e. The number of benzene rings is 1. The second kappa shape index (κ2) is 5.87. The number of rotatable bonds is 1. The van der Waals surface area contributed by atoms with Gasteiger partial charge in [0.15, 0.2) is 5.78 Å². The summed E-state index contributed by atoms with van der Waals surface area (Å²) in [6.45, 7) is 9.80. The fourth-order valence-electron chi connectivity index (χ4n) is 3.25. The van der Waals surface area contributed by atoms with Crippen LogP contribution in [-0.2, 0) is 9.59 Å². The van der Waals surface area contributed by atoms with Crippen molar-refractivity contribution in [3.8, 4) is 0 Å². The molecule has 2 aliphatic rings. The lowest BCUT2D eigenvalue weighted by Crippen LogP contribution is -2.49. The van der Waals surface area contributed by atoms with Gasteiger partial charge in [0, 0.05) is 12.0 Å². The van der Waals surface area contributed by atoms with Gasteiger partial charge in [-0.1, -0.05) is 44.7 Å². The monoisotopic (exact) mass is 299 g/mol. The Bertz CT molecular complexity index is 625.